The smallest absolute Gasteiger partial charge is 0.241 e. The molecule has 0 aromatic heterocycles. The molecule has 1 aromatic rings. The molecular formula is C12H16N2O. The van der Waals surface area contributed by atoms with Crippen molar-refractivity contribution in [3.8, 4) is 0 Å². The van der Waals surface area contributed by atoms with E-state index in [1.807, 2.05) is 32.2 Å². The minimum absolute atomic E-state index is 0.0626. The van der Waals surface area contributed by atoms with Crippen LogP contribution >= 0.6 is 0 Å². The summed E-state index contributed by atoms with van der Waals surface area (Å²) in [6.45, 7) is 2.00. The summed E-state index contributed by atoms with van der Waals surface area (Å²) in [6, 6.07) is 10.0. The van der Waals surface area contributed by atoms with Crippen LogP contribution in [-0.4, -0.2) is 30.1 Å². The summed E-state index contributed by atoms with van der Waals surface area (Å²) in [6.07, 6.45) is 0.917. The third kappa shape index (κ3) is 2.02. The third-order valence-electron chi connectivity index (χ3n) is 2.95. The van der Waals surface area contributed by atoms with E-state index in [0.717, 1.165) is 6.42 Å². The van der Waals surface area contributed by atoms with Gasteiger partial charge in [-0.1, -0.05) is 30.3 Å². The normalized spacial score (nSPS) is 26.0. The Kier molecular flexibility index (Phi) is 2.73. The standard InChI is InChI=1S/C12H16N2O/c1-9-13-11(12(15)14(9)2)8-10-6-4-3-5-7-10/h3-7,9,11,13H,8H2,1-2H3/t9?,11-/m0/s1. The van der Waals surface area contributed by atoms with E-state index >= 15 is 0 Å². The first-order valence-corrected chi connectivity index (χ1v) is 5.25. The quantitative estimate of drug-likeness (QED) is 0.779. The lowest BCUT2D eigenvalue weighted by molar-refractivity contribution is -0.128. The van der Waals surface area contributed by atoms with E-state index in [1.165, 1.54) is 5.56 Å². The van der Waals surface area contributed by atoms with Gasteiger partial charge in [0.15, 0.2) is 0 Å². The number of carbonyl (C=O) groups excluding carboxylic acids is 1. The highest BCUT2D eigenvalue weighted by molar-refractivity contribution is 5.84. The molecule has 0 aliphatic carbocycles. The summed E-state index contributed by atoms with van der Waals surface area (Å²) in [5.41, 5.74) is 1.20. The van der Waals surface area contributed by atoms with Gasteiger partial charge < -0.3 is 4.90 Å². The number of nitrogens with zero attached hydrogens (tertiary/aromatic N) is 1. The van der Waals surface area contributed by atoms with Crippen molar-refractivity contribution in [1.29, 1.82) is 0 Å². The van der Waals surface area contributed by atoms with Crippen LogP contribution in [0.25, 0.3) is 0 Å². The highest BCUT2D eigenvalue weighted by Gasteiger charge is 2.33. The van der Waals surface area contributed by atoms with Gasteiger partial charge in [0, 0.05) is 7.05 Å². The molecular weight excluding hydrogens is 188 g/mol. The maximum atomic E-state index is 11.8. The number of rotatable bonds is 2. The molecule has 1 fully saturated rings. The van der Waals surface area contributed by atoms with Crippen molar-refractivity contribution >= 4 is 5.91 Å². The molecule has 1 aliphatic rings. The summed E-state index contributed by atoms with van der Waals surface area (Å²) in [7, 11) is 1.84. The Balaban J connectivity index is 2.05. The molecule has 0 radical (unpaired) electrons. The summed E-state index contributed by atoms with van der Waals surface area (Å²) < 4.78 is 0. The Bertz CT molecular complexity index is 350. The average molecular weight is 204 g/mol. The molecule has 2 atom stereocenters. The van der Waals surface area contributed by atoms with Crippen LogP contribution in [-0.2, 0) is 11.2 Å². The molecule has 1 amide bonds. The van der Waals surface area contributed by atoms with E-state index < -0.39 is 0 Å². The molecule has 1 unspecified atom stereocenters. The summed E-state index contributed by atoms with van der Waals surface area (Å²) >= 11 is 0. The van der Waals surface area contributed by atoms with Gasteiger partial charge >= 0.3 is 0 Å². The minimum atomic E-state index is -0.0626. The molecule has 0 spiro atoms. The van der Waals surface area contributed by atoms with Gasteiger partial charge in [-0.3, -0.25) is 10.1 Å². The first-order valence-electron chi connectivity index (χ1n) is 5.25. The van der Waals surface area contributed by atoms with Crippen molar-refractivity contribution in [3.05, 3.63) is 35.9 Å². The summed E-state index contributed by atoms with van der Waals surface area (Å²) in [5.74, 6) is 0.186. The van der Waals surface area contributed by atoms with Gasteiger partial charge in [0.1, 0.15) is 0 Å². The van der Waals surface area contributed by atoms with Gasteiger partial charge in [-0.2, -0.15) is 0 Å². The molecule has 3 nitrogen and oxygen atoms in total. The van der Waals surface area contributed by atoms with Crippen molar-refractivity contribution in [3.63, 3.8) is 0 Å². The van der Waals surface area contributed by atoms with Crippen LogP contribution in [0.4, 0.5) is 0 Å². The number of carbonyl (C=O) groups is 1. The van der Waals surface area contributed by atoms with Gasteiger partial charge in [-0.25, -0.2) is 0 Å². The van der Waals surface area contributed by atoms with E-state index in [1.54, 1.807) is 4.90 Å². The minimum Gasteiger partial charge on any atom is -0.329 e. The van der Waals surface area contributed by atoms with Gasteiger partial charge in [0.05, 0.1) is 12.2 Å². The molecule has 15 heavy (non-hydrogen) atoms. The molecule has 1 saturated heterocycles. The van der Waals surface area contributed by atoms with Gasteiger partial charge in [0.25, 0.3) is 0 Å². The predicted octanol–water partition coefficient (Wildman–Crippen LogP) is 1.01. The number of likely N-dealkylation sites (N-methyl/N-ethyl adjacent to an activating group) is 1. The van der Waals surface area contributed by atoms with E-state index in [4.69, 9.17) is 0 Å². The van der Waals surface area contributed by atoms with E-state index in [9.17, 15) is 4.79 Å². The van der Waals surface area contributed by atoms with E-state index in [2.05, 4.69) is 17.4 Å². The molecule has 0 saturated carbocycles. The number of amides is 1. The number of hydrogen-bond acceptors (Lipinski definition) is 2. The Morgan fingerprint density at radius 1 is 1.33 bits per heavy atom. The van der Waals surface area contributed by atoms with Crippen molar-refractivity contribution in [2.75, 3.05) is 7.05 Å². The topological polar surface area (TPSA) is 32.3 Å². The number of benzene rings is 1. The molecule has 1 aliphatic heterocycles. The van der Waals surface area contributed by atoms with Crippen molar-refractivity contribution in [2.45, 2.75) is 25.6 Å². The molecule has 80 valence electrons. The fraction of sp³-hybridized carbons (Fsp3) is 0.417. The first-order chi connectivity index (χ1) is 7.18. The van der Waals surface area contributed by atoms with E-state index in [0.29, 0.717) is 0 Å². The maximum Gasteiger partial charge on any atom is 0.241 e. The Morgan fingerprint density at radius 3 is 2.53 bits per heavy atom. The molecule has 1 aromatic carbocycles. The lowest BCUT2D eigenvalue weighted by Gasteiger charge is -2.12. The fourth-order valence-electron chi connectivity index (χ4n) is 1.91. The average Bonchev–Trinajstić information content (AvgIpc) is 2.48. The monoisotopic (exact) mass is 204 g/mol. The first kappa shape index (κ1) is 10.2. The number of nitrogens with one attached hydrogen (secondary N) is 1. The zero-order chi connectivity index (χ0) is 10.8. The molecule has 1 N–H and O–H groups in total. The van der Waals surface area contributed by atoms with Crippen LogP contribution in [0.2, 0.25) is 0 Å². The Morgan fingerprint density at radius 2 is 2.00 bits per heavy atom. The maximum absolute atomic E-state index is 11.8. The zero-order valence-electron chi connectivity index (χ0n) is 9.10. The van der Waals surface area contributed by atoms with Crippen LogP contribution < -0.4 is 5.32 Å². The zero-order valence-corrected chi connectivity index (χ0v) is 9.10. The van der Waals surface area contributed by atoms with E-state index in [-0.39, 0.29) is 18.1 Å². The van der Waals surface area contributed by atoms with Crippen molar-refractivity contribution < 1.29 is 4.79 Å². The van der Waals surface area contributed by atoms with Gasteiger partial charge in [-0.05, 0) is 18.9 Å². The highest BCUT2D eigenvalue weighted by atomic mass is 16.2. The van der Waals surface area contributed by atoms with Crippen molar-refractivity contribution in [2.24, 2.45) is 0 Å². The fourth-order valence-corrected chi connectivity index (χ4v) is 1.91. The highest BCUT2D eigenvalue weighted by Crippen LogP contribution is 2.12. The largest absolute Gasteiger partial charge is 0.329 e. The summed E-state index contributed by atoms with van der Waals surface area (Å²) in [5, 5.41) is 3.28. The predicted molar refractivity (Wildman–Crippen MR) is 59.3 cm³/mol. The van der Waals surface area contributed by atoms with Crippen LogP contribution in [0.15, 0.2) is 30.3 Å². The van der Waals surface area contributed by atoms with Crippen molar-refractivity contribution in [1.82, 2.24) is 10.2 Å². The molecule has 0 bridgehead atoms. The lowest BCUT2D eigenvalue weighted by Crippen LogP contribution is -2.32. The van der Waals surface area contributed by atoms with Crippen LogP contribution in [0, 0.1) is 0 Å². The molecule has 1 heterocycles. The van der Waals surface area contributed by atoms with Crippen LogP contribution in [0.3, 0.4) is 0 Å². The van der Waals surface area contributed by atoms with Gasteiger partial charge in [0.2, 0.25) is 5.91 Å². The SMILES string of the molecule is CC1N[C@@H](Cc2ccccc2)C(=O)N1C. The second-order valence-corrected chi connectivity index (χ2v) is 4.03. The number of hydrogen-bond donors (Lipinski definition) is 1. The van der Waals surface area contributed by atoms with Crippen LogP contribution in [0.5, 0.6) is 0 Å². The second-order valence-electron chi connectivity index (χ2n) is 4.03. The second kappa shape index (κ2) is 4.03. The third-order valence-corrected chi connectivity index (χ3v) is 2.95. The summed E-state index contributed by atoms with van der Waals surface area (Å²) in [4.78, 5) is 13.5. The Labute approximate surface area is 90.1 Å². The van der Waals surface area contributed by atoms with Gasteiger partial charge in [-0.15, -0.1) is 0 Å². The molecule has 3 heteroatoms. The van der Waals surface area contributed by atoms with Crippen LogP contribution in [0.1, 0.15) is 12.5 Å². The molecule has 2 rings (SSSR count). The Hall–Kier alpha value is -1.35. The lowest BCUT2D eigenvalue weighted by atomic mass is 10.1.